The van der Waals surface area contributed by atoms with E-state index in [0.717, 1.165) is 0 Å². The Bertz CT molecular complexity index is 623. The predicted molar refractivity (Wildman–Crippen MR) is 87.9 cm³/mol. The van der Waals surface area contributed by atoms with Gasteiger partial charge in [0.1, 0.15) is 18.1 Å². The fourth-order valence-corrected chi connectivity index (χ4v) is 3.15. The molecule has 1 aliphatic heterocycles. The average Bonchev–Trinajstić information content (AvgIpc) is 2.53. The number of esters is 2. The van der Waals surface area contributed by atoms with Gasteiger partial charge in [-0.1, -0.05) is 51.1 Å². The lowest BCUT2D eigenvalue weighted by Crippen LogP contribution is -2.53. The average molecular weight is 372 g/mol. The highest BCUT2D eigenvalue weighted by molar-refractivity contribution is 5.79. The molecule has 0 bridgehead atoms. The first-order valence-electron chi connectivity index (χ1n) is 8.43. The number of hydrogen-bond acceptors (Lipinski definition) is 4. The second-order valence-electron chi connectivity index (χ2n) is 7.64. The Hall–Kier alpha value is -2.05. The molecule has 1 fully saturated rings. The molecule has 0 saturated carbocycles. The van der Waals surface area contributed by atoms with Crippen molar-refractivity contribution in [3.63, 3.8) is 0 Å². The van der Waals surface area contributed by atoms with Gasteiger partial charge in [0.25, 0.3) is 0 Å². The Morgan fingerprint density at radius 2 is 1.77 bits per heavy atom. The number of halogens is 3. The van der Waals surface area contributed by atoms with Crippen LogP contribution in [-0.2, 0) is 19.1 Å². The minimum atomic E-state index is -4.71. The van der Waals surface area contributed by atoms with Crippen LogP contribution in [0.15, 0.2) is 30.3 Å². The summed E-state index contributed by atoms with van der Waals surface area (Å²) in [5.74, 6) is -5.68. The summed E-state index contributed by atoms with van der Waals surface area (Å²) in [6.07, 6.45) is -7.51. The summed E-state index contributed by atoms with van der Waals surface area (Å²) in [6, 6.07) is 8.73. The lowest BCUT2D eigenvalue weighted by Gasteiger charge is -2.42. The van der Waals surface area contributed by atoms with Gasteiger partial charge in [0, 0.05) is 0 Å². The Balaban J connectivity index is 2.32. The fourth-order valence-electron chi connectivity index (χ4n) is 3.15. The minimum Gasteiger partial charge on any atom is -0.461 e. The standard InChI is InChI=1S/C19H23F3O4/c1-11(12-8-6-5-7-9-12)25-17(24)15-13(19(20,21)22)10-14(23)26-16(15)18(2,3)4/h5-9,11,13,15-16H,10H2,1-4H3/t11-,13?,15?,16?/m0/s1. The van der Waals surface area contributed by atoms with Gasteiger partial charge in [0.05, 0.1) is 12.3 Å². The topological polar surface area (TPSA) is 52.6 Å². The molecule has 1 saturated heterocycles. The van der Waals surface area contributed by atoms with Crippen LogP contribution in [0.3, 0.4) is 0 Å². The van der Waals surface area contributed by atoms with E-state index in [4.69, 9.17) is 9.47 Å². The van der Waals surface area contributed by atoms with Crippen molar-refractivity contribution in [2.75, 3.05) is 0 Å². The first kappa shape index (κ1) is 20.3. The summed E-state index contributed by atoms with van der Waals surface area (Å²) in [5, 5.41) is 0. The maximum atomic E-state index is 13.5. The van der Waals surface area contributed by atoms with E-state index in [0.29, 0.717) is 5.56 Å². The van der Waals surface area contributed by atoms with Crippen molar-refractivity contribution in [1.29, 1.82) is 0 Å². The molecule has 3 unspecified atom stereocenters. The second kappa shape index (κ2) is 7.29. The Morgan fingerprint density at radius 3 is 2.27 bits per heavy atom. The van der Waals surface area contributed by atoms with Gasteiger partial charge in [0.15, 0.2) is 0 Å². The van der Waals surface area contributed by atoms with E-state index in [2.05, 4.69) is 0 Å². The van der Waals surface area contributed by atoms with Crippen molar-refractivity contribution in [2.45, 2.75) is 52.5 Å². The van der Waals surface area contributed by atoms with Gasteiger partial charge in [-0.2, -0.15) is 13.2 Å². The van der Waals surface area contributed by atoms with Gasteiger partial charge in [-0.3, -0.25) is 9.59 Å². The zero-order valence-electron chi connectivity index (χ0n) is 15.2. The number of carbonyl (C=O) groups is 2. The fraction of sp³-hybridized carbons (Fsp3) is 0.579. The van der Waals surface area contributed by atoms with Crippen LogP contribution in [0.25, 0.3) is 0 Å². The van der Waals surface area contributed by atoms with E-state index in [1.54, 1.807) is 58.0 Å². The molecule has 7 heteroatoms. The largest absolute Gasteiger partial charge is 0.461 e. The van der Waals surface area contributed by atoms with Gasteiger partial charge >= 0.3 is 18.1 Å². The van der Waals surface area contributed by atoms with Crippen LogP contribution in [-0.4, -0.2) is 24.2 Å². The highest BCUT2D eigenvalue weighted by Crippen LogP contribution is 2.45. The molecule has 26 heavy (non-hydrogen) atoms. The van der Waals surface area contributed by atoms with Crippen LogP contribution >= 0.6 is 0 Å². The zero-order chi connectivity index (χ0) is 19.7. The molecule has 0 N–H and O–H groups in total. The van der Waals surface area contributed by atoms with E-state index in [9.17, 15) is 22.8 Å². The molecule has 4 nitrogen and oxygen atoms in total. The Kier molecular flexibility index (Phi) is 5.68. The predicted octanol–water partition coefficient (Wildman–Crippen LogP) is 4.45. The van der Waals surface area contributed by atoms with Gasteiger partial charge < -0.3 is 9.47 Å². The summed E-state index contributed by atoms with van der Waals surface area (Å²) >= 11 is 0. The normalized spacial score (nSPS) is 25.3. The number of alkyl halides is 3. The van der Waals surface area contributed by atoms with Crippen LogP contribution in [0.5, 0.6) is 0 Å². The number of rotatable bonds is 3. The number of cyclic esters (lactones) is 1. The molecule has 4 atom stereocenters. The van der Waals surface area contributed by atoms with E-state index < -0.39 is 54.0 Å². The minimum absolute atomic E-state index is 0.671. The first-order chi connectivity index (χ1) is 11.9. The number of carbonyl (C=O) groups excluding carboxylic acids is 2. The highest BCUT2D eigenvalue weighted by atomic mass is 19.4. The zero-order valence-corrected chi connectivity index (χ0v) is 15.2. The van der Waals surface area contributed by atoms with Crippen LogP contribution in [0.4, 0.5) is 13.2 Å². The monoisotopic (exact) mass is 372 g/mol. The van der Waals surface area contributed by atoms with E-state index in [1.807, 2.05) is 0 Å². The van der Waals surface area contributed by atoms with Crippen molar-refractivity contribution in [2.24, 2.45) is 17.3 Å². The molecule has 0 radical (unpaired) electrons. The van der Waals surface area contributed by atoms with Crippen molar-refractivity contribution in [1.82, 2.24) is 0 Å². The third-order valence-electron chi connectivity index (χ3n) is 4.51. The summed E-state index contributed by atoms with van der Waals surface area (Å²) in [4.78, 5) is 24.4. The molecule has 1 aromatic rings. The summed E-state index contributed by atoms with van der Waals surface area (Å²) in [7, 11) is 0. The maximum Gasteiger partial charge on any atom is 0.393 e. The van der Waals surface area contributed by atoms with Gasteiger partial charge in [-0.05, 0) is 17.9 Å². The summed E-state index contributed by atoms with van der Waals surface area (Å²) in [6.45, 7) is 6.48. The lowest BCUT2D eigenvalue weighted by molar-refractivity contribution is -0.237. The van der Waals surface area contributed by atoms with Crippen molar-refractivity contribution < 1.29 is 32.2 Å². The summed E-state index contributed by atoms with van der Waals surface area (Å²) in [5.41, 5.74) is -0.177. The summed E-state index contributed by atoms with van der Waals surface area (Å²) < 4.78 is 51.1. The van der Waals surface area contributed by atoms with E-state index in [1.165, 1.54) is 0 Å². The molecule has 2 rings (SSSR count). The molecule has 0 aromatic heterocycles. The molecular weight excluding hydrogens is 349 g/mol. The first-order valence-corrected chi connectivity index (χ1v) is 8.43. The van der Waals surface area contributed by atoms with Crippen molar-refractivity contribution >= 4 is 11.9 Å². The Morgan fingerprint density at radius 1 is 1.19 bits per heavy atom. The number of ether oxygens (including phenoxy) is 2. The van der Waals surface area contributed by atoms with Crippen molar-refractivity contribution in [3.05, 3.63) is 35.9 Å². The molecule has 144 valence electrons. The van der Waals surface area contributed by atoms with Crippen LogP contribution in [0.1, 0.15) is 45.8 Å². The van der Waals surface area contributed by atoms with Crippen LogP contribution < -0.4 is 0 Å². The molecule has 0 aliphatic carbocycles. The number of benzene rings is 1. The molecule has 1 aliphatic rings. The molecule has 0 spiro atoms. The second-order valence-corrected chi connectivity index (χ2v) is 7.64. The molecule has 0 amide bonds. The third-order valence-corrected chi connectivity index (χ3v) is 4.51. The van der Waals surface area contributed by atoms with Gasteiger partial charge in [-0.15, -0.1) is 0 Å². The number of hydrogen-bond donors (Lipinski definition) is 0. The maximum absolute atomic E-state index is 13.5. The third kappa shape index (κ3) is 4.56. The van der Waals surface area contributed by atoms with E-state index in [-0.39, 0.29) is 0 Å². The molecular formula is C19H23F3O4. The Labute approximate surface area is 150 Å². The smallest absolute Gasteiger partial charge is 0.393 e. The van der Waals surface area contributed by atoms with Gasteiger partial charge in [-0.25, -0.2) is 0 Å². The molecule has 1 heterocycles. The highest BCUT2D eigenvalue weighted by Gasteiger charge is 2.58. The van der Waals surface area contributed by atoms with Crippen LogP contribution in [0, 0.1) is 17.3 Å². The van der Waals surface area contributed by atoms with E-state index >= 15 is 0 Å². The van der Waals surface area contributed by atoms with Gasteiger partial charge in [0.2, 0.25) is 0 Å². The van der Waals surface area contributed by atoms with Crippen LogP contribution in [0.2, 0.25) is 0 Å². The SMILES string of the molecule is C[C@H](OC(=O)C1C(C(C)(C)C)OC(=O)CC1C(F)(F)F)c1ccccc1. The quantitative estimate of drug-likeness (QED) is 0.736. The van der Waals surface area contributed by atoms with Crippen molar-refractivity contribution in [3.8, 4) is 0 Å². The molecule has 1 aromatic carbocycles. The lowest BCUT2D eigenvalue weighted by atomic mass is 9.72.